The minimum absolute atomic E-state index is 0.124. The van der Waals surface area contributed by atoms with Gasteiger partial charge in [-0.1, -0.05) is 24.3 Å². The molecule has 1 aromatic heterocycles. The van der Waals surface area contributed by atoms with E-state index in [9.17, 15) is 9.59 Å². The molecule has 0 unspecified atom stereocenters. The van der Waals surface area contributed by atoms with E-state index in [4.69, 9.17) is 0 Å². The summed E-state index contributed by atoms with van der Waals surface area (Å²) < 4.78 is 0. The molecule has 0 aliphatic heterocycles. The minimum Gasteiger partial charge on any atom is -0.355 e. The van der Waals surface area contributed by atoms with Crippen molar-refractivity contribution >= 4 is 28.9 Å². The van der Waals surface area contributed by atoms with Crippen molar-refractivity contribution in [2.24, 2.45) is 0 Å². The van der Waals surface area contributed by atoms with Gasteiger partial charge in [-0.2, -0.15) is 0 Å². The van der Waals surface area contributed by atoms with E-state index in [1.165, 1.54) is 6.08 Å². The number of carbonyl (C=O) groups excluding carboxylic acids is 2. The van der Waals surface area contributed by atoms with Gasteiger partial charge in [-0.3, -0.25) is 9.59 Å². The second-order valence-corrected chi connectivity index (χ2v) is 5.93. The Balaban J connectivity index is 1.63. The third kappa shape index (κ3) is 3.97. The van der Waals surface area contributed by atoms with Crippen LogP contribution in [-0.4, -0.2) is 40.8 Å². The number of aromatic nitrogens is 2. The third-order valence-corrected chi connectivity index (χ3v) is 4.02. The van der Waals surface area contributed by atoms with Crippen molar-refractivity contribution < 1.29 is 9.59 Å². The molecular formula is C20H20N4O2. The molecule has 3 rings (SSSR count). The van der Waals surface area contributed by atoms with Crippen LogP contribution in [0.2, 0.25) is 0 Å². The third-order valence-electron chi connectivity index (χ3n) is 4.02. The Morgan fingerprint density at radius 1 is 1.15 bits per heavy atom. The molecule has 0 saturated carbocycles. The highest BCUT2D eigenvalue weighted by atomic mass is 16.2. The van der Waals surface area contributed by atoms with Crippen molar-refractivity contribution in [3.63, 3.8) is 0 Å². The van der Waals surface area contributed by atoms with E-state index >= 15 is 0 Å². The molecule has 0 spiro atoms. The number of nitrogens with one attached hydrogen (secondary N) is 2. The zero-order chi connectivity index (χ0) is 18.5. The van der Waals surface area contributed by atoms with E-state index in [0.717, 1.165) is 22.4 Å². The molecule has 0 aliphatic carbocycles. The summed E-state index contributed by atoms with van der Waals surface area (Å²) in [6.07, 6.45) is 3.24. The lowest BCUT2D eigenvalue weighted by atomic mass is 10.1. The van der Waals surface area contributed by atoms with Gasteiger partial charge < -0.3 is 15.2 Å². The number of benzene rings is 2. The van der Waals surface area contributed by atoms with Crippen LogP contribution in [0, 0.1) is 0 Å². The molecule has 1 heterocycles. The van der Waals surface area contributed by atoms with Gasteiger partial charge in [0.05, 0.1) is 17.6 Å². The van der Waals surface area contributed by atoms with Crippen LogP contribution in [0.3, 0.4) is 0 Å². The Morgan fingerprint density at radius 3 is 2.58 bits per heavy atom. The molecule has 2 amide bonds. The van der Waals surface area contributed by atoms with E-state index in [-0.39, 0.29) is 11.8 Å². The molecule has 26 heavy (non-hydrogen) atoms. The molecule has 0 saturated heterocycles. The van der Waals surface area contributed by atoms with Gasteiger partial charge in [0.25, 0.3) is 5.91 Å². The first kappa shape index (κ1) is 17.4. The zero-order valence-electron chi connectivity index (χ0n) is 14.7. The smallest absolute Gasteiger partial charge is 0.251 e. The summed E-state index contributed by atoms with van der Waals surface area (Å²) >= 11 is 0. The zero-order valence-corrected chi connectivity index (χ0v) is 14.7. The Morgan fingerprint density at radius 2 is 1.88 bits per heavy atom. The number of para-hydroxylation sites is 2. The van der Waals surface area contributed by atoms with E-state index < -0.39 is 0 Å². The summed E-state index contributed by atoms with van der Waals surface area (Å²) in [7, 11) is 3.32. The number of aromatic amines is 1. The first-order valence-corrected chi connectivity index (χ1v) is 8.26. The highest BCUT2D eigenvalue weighted by Gasteiger charge is 2.09. The Hall–Kier alpha value is -3.41. The van der Waals surface area contributed by atoms with Crippen molar-refractivity contribution in [3.05, 3.63) is 71.6 Å². The fraction of sp³-hybridized carbons (Fsp3) is 0.150. The van der Waals surface area contributed by atoms with Crippen molar-refractivity contribution in [3.8, 4) is 0 Å². The second kappa shape index (κ2) is 7.65. The normalized spacial score (nSPS) is 11.0. The van der Waals surface area contributed by atoms with Crippen molar-refractivity contribution in [2.45, 2.75) is 6.54 Å². The maximum atomic E-state index is 12.3. The largest absolute Gasteiger partial charge is 0.355 e. The number of H-pyrrole nitrogens is 1. The lowest BCUT2D eigenvalue weighted by Gasteiger charge is -2.13. The maximum Gasteiger partial charge on any atom is 0.251 e. The van der Waals surface area contributed by atoms with Crippen LogP contribution in [0.25, 0.3) is 17.1 Å². The molecule has 0 bridgehead atoms. The molecule has 6 nitrogen and oxygen atoms in total. The van der Waals surface area contributed by atoms with Crippen molar-refractivity contribution in [1.82, 2.24) is 20.2 Å². The van der Waals surface area contributed by atoms with Gasteiger partial charge >= 0.3 is 0 Å². The van der Waals surface area contributed by atoms with E-state index in [2.05, 4.69) is 15.3 Å². The van der Waals surface area contributed by atoms with Crippen LogP contribution in [0.1, 0.15) is 21.7 Å². The SMILES string of the molecule is CNC(=O)c1ccc(/C=C/C(=O)N(C)Cc2nc3ccccc3[nH]2)cc1. The van der Waals surface area contributed by atoms with Gasteiger partial charge in [-0.05, 0) is 35.9 Å². The summed E-state index contributed by atoms with van der Waals surface area (Å²) in [6.45, 7) is 0.396. The number of hydrogen-bond donors (Lipinski definition) is 2. The molecular weight excluding hydrogens is 328 g/mol. The Bertz CT molecular complexity index is 924. The van der Waals surface area contributed by atoms with Crippen LogP contribution in [-0.2, 0) is 11.3 Å². The lowest BCUT2D eigenvalue weighted by Crippen LogP contribution is -2.24. The van der Waals surface area contributed by atoms with E-state index in [1.807, 2.05) is 24.3 Å². The molecule has 0 radical (unpaired) electrons. The van der Waals surface area contributed by atoms with E-state index in [0.29, 0.717) is 12.1 Å². The predicted molar refractivity (Wildman–Crippen MR) is 101 cm³/mol. The van der Waals surface area contributed by atoms with E-state index in [1.54, 1.807) is 49.3 Å². The Kier molecular flexibility index (Phi) is 5.12. The van der Waals surface area contributed by atoms with Crippen LogP contribution in [0.15, 0.2) is 54.6 Å². The van der Waals surface area contributed by atoms with Gasteiger partial charge in [0.2, 0.25) is 5.91 Å². The van der Waals surface area contributed by atoms with Crippen molar-refractivity contribution in [1.29, 1.82) is 0 Å². The molecule has 0 aliphatic rings. The standard InChI is InChI=1S/C20H20N4O2/c1-21-20(26)15-10-7-14(8-11-15)9-12-19(25)24(2)13-18-22-16-5-3-4-6-17(16)23-18/h3-12H,13H2,1-2H3,(H,21,26)(H,22,23)/b12-9+. The number of imidazole rings is 1. The summed E-state index contributed by atoms with van der Waals surface area (Å²) in [6, 6.07) is 14.8. The number of likely N-dealkylation sites (N-methyl/N-ethyl adjacent to an activating group) is 1. The van der Waals surface area contributed by atoms with Gasteiger partial charge in [0.1, 0.15) is 5.82 Å². The second-order valence-electron chi connectivity index (χ2n) is 5.93. The molecule has 6 heteroatoms. The number of carbonyl (C=O) groups is 2. The summed E-state index contributed by atoms with van der Waals surface area (Å²) in [5.41, 5.74) is 3.27. The van der Waals surface area contributed by atoms with Gasteiger partial charge in [0.15, 0.2) is 0 Å². The first-order chi connectivity index (χ1) is 12.6. The minimum atomic E-state index is -0.137. The summed E-state index contributed by atoms with van der Waals surface area (Å²) in [4.78, 5) is 33.1. The molecule has 0 atom stereocenters. The predicted octanol–water partition coefficient (Wildman–Crippen LogP) is 2.59. The average molecular weight is 348 g/mol. The first-order valence-electron chi connectivity index (χ1n) is 8.26. The van der Waals surface area contributed by atoms with Crippen LogP contribution in [0.5, 0.6) is 0 Å². The number of amides is 2. The molecule has 2 N–H and O–H groups in total. The highest BCUT2D eigenvalue weighted by Crippen LogP contribution is 2.12. The lowest BCUT2D eigenvalue weighted by molar-refractivity contribution is -0.125. The average Bonchev–Trinajstić information content (AvgIpc) is 3.08. The molecule has 3 aromatic rings. The highest BCUT2D eigenvalue weighted by molar-refractivity contribution is 5.94. The topological polar surface area (TPSA) is 78.1 Å². The summed E-state index contributed by atoms with van der Waals surface area (Å²) in [5, 5.41) is 2.57. The molecule has 132 valence electrons. The Labute approximate surface area is 151 Å². The maximum absolute atomic E-state index is 12.3. The fourth-order valence-electron chi connectivity index (χ4n) is 2.57. The molecule has 2 aromatic carbocycles. The van der Waals surface area contributed by atoms with Crippen LogP contribution < -0.4 is 5.32 Å². The number of hydrogen-bond acceptors (Lipinski definition) is 3. The van der Waals surface area contributed by atoms with Crippen LogP contribution in [0.4, 0.5) is 0 Å². The van der Waals surface area contributed by atoms with Crippen molar-refractivity contribution in [2.75, 3.05) is 14.1 Å². The number of rotatable bonds is 5. The number of fused-ring (bicyclic) bond motifs is 1. The van der Waals surface area contributed by atoms with Gasteiger partial charge in [0, 0.05) is 25.7 Å². The van der Waals surface area contributed by atoms with Gasteiger partial charge in [-0.25, -0.2) is 4.98 Å². The molecule has 0 fully saturated rings. The van der Waals surface area contributed by atoms with Crippen LogP contribution >= 0.6 is 0 Å². The fourth-order valence-corrected chi connectivity index (χ4v) is 2.57. The quantitative estimate of drug-likeness (QED) is 0.696. The number of nitrogens with zero attached hydrogens (tertiary/aromatic N) is 2. The van der Waals surface area contributed by atoms with Gasteiger partial charge in [-0.15, -0.1) is 0 Å². The monoisotopic (exact) mass is 348 g/mol. The summed E-state index contributed by atoms with van der Waals surface area (Å²) in [5.74, 6) is 0.480.